The van der Waals surface area contributed by atoms with E-state index >= 15 is 0 Å². The summed E-state index contributed by atoms with van der Waals surface area (Å²) in [5.41, 5.74) is 0. The molecule has 1 saturated heterocycles. The van der Waals surface area contributed by atoms with Crippen molar-refractivity contribution < 1.29 is 22.7 Å². The Morgan fingerprint density at radius 3 is 2.61 bits per heavy atom. The number of ether oxygens (including phenoxy) is 1. The molecule has 1 heterocycles. The van der Waals surface area contributed by atoms with Crippen molar-refractivity contribution in [3.8, 4) is 0 Å². The van der Waals surface area contributed by atoms with Crippen LogP contribution in [-0.4, -0.2) is 57.5 Å². The summed E-state index contributed by atoms with van der Waals surface area (Å²) in [4.78, 5) is 22.8. The van der Waals surface area contributed by atoms with Crippen molar-refractivity contribution >= 4 is 21.8 Å². The van der Waals surface area contributed by atoms with Gasteiger partial charge in [0.1, 0.15) is 6.23 Å². The van der Waals surface area contributed by atoms with Gasteiger partial charge in [0.2, 0.25) is 10.0 Å². The first kappa shape index (κ1) is 17.4. The molecule has 8 nitrogen and oxygen atoms in total. The number of sulfonamides is 1. The average Bonchev–Trinajstić information content (AvgIpc) is 2.59. The number of amides is 2. The smallest absolute Gasteiger partial charge is 0.309 e. The van der Waals surface area contributed by atoms with Crippen LogP contribution in [0.2, 0.25) is 0 Å². The standard InChI is InChI=1S/C14H19N3O5S/c1-15-13(18)14(19)16-10-12-17(8-5-9-22-12)23(20,21)11-6-3-2-4-7-11/h2-4,6-7,12H,5,8-10H2,1H3,(H,15,18)(H,16,19)/t12-/m1/s1. The summed E-state index contributed by atoms with van der Waals surface area (Å²) >= 11 is 0. The van der Waals surface area contributed by atoms with E-state index in [9.17, 15) is 18.0 Å². The normalized spacial score (nSPS) is 19.1. The fraction of sp³-hybridized carbons (Fsp3) is 0.429. The van der Waals surface area contributed by atoms with Gasteiger partial charge in [0.15, 0.2) is 0 Å². The lowest BCUT2D eigenvalue weighted by Crippen LogP contribution is -2.52. The summed E-state index contributed by atoms with van der Waals surface area (Å²) in [7, 11) is -2.39. The van der Waals surface area contributed by atoms with Crippen LogP contribution < -0.4 is 10.6 Å². The maximum Gasteiger partial charge on any atom is 0.309 e. The molecule has 0 bridgehead atoms. The van der Waals surface area contributed by atoms with Crippen LogP contribution in [0.4, 0.5) is 0 Å². The molecule has 1 fully saturated rings. The van der Waals surface area contributed by atoms with E-state index in [0.717, 1.165) is 0 Å². The van der Waals surface area contributed by atoms with E-state index in [4.69, 9.17) is 4.74 Å². The van der Waals surface area contributed by atoms with Crippen LogP contribution in [0.3, 0.4) is 0 Å². The van der Waals surface area contributed by atoms with Crippen molar-refractivity contribution in [1.29, 1.82) is 0 Å². The van der Waals surface area contributed by atoms with E-state index < -0.39 is 28.1 Å². The molecule has 0 aliphatic carbocycles. The van der Waals surface area contributed by atoms with E-state index in [0.29, 0.717) is 13.0 Å². The molecule has 2 rings (SSSR count). The second-order valence-corrected chi connectivity index (χ2v) is 6.79. The van der Waals surface area contributed by atoms with Gasteiger partial charge in [0.25, 0.3) is 0 Å². The zero-order valence-corrected chi connectivity index (χ0v) is 13.5. The Hall–Kier alpha value is -1.97. The molecule has 0 saturated carbocycles. The van der Waals surface area contributed by atoms with Crippen molar-refractivity contribution in [2.45, 2.75) is 17.5 Å². The zero-order chi connectivity index (χ0) is 16.9. The SMILES string of the molecule is CNC(=O)C(=O)NC[C@H]1OCCCN1S(=O)(=O)c1ccccc1. The minimum atomic E-state index is -3.73. The van der Waals surface area contributed by atoms with Gasteiger partial charge in [-0.3, -0.25) is 9.59 Å². The summed E-state index contributed by atoms with van der Waals surface area (Å²) in [5, 5.41) is 4.57. The fourth-order valence-corrected chi connectivity index (χ4v) is 3.79. The number of hydrogen-bond donors (Lipinski definition) is 2. The molecule has 0 unspecified atom stereocenters. The first-order chi connectivity index (χ1) is 11.0. The van der Waals surface area contributed by atoms with Gasteiger partial charge >= 0.3 is 11.8 Å². The number of hydrogen-bond acceptors (Lipinski definition) is 5. The van der Waals surface area contributed by atoms with Gasteiger partial charge in [0, 0.05) is 13.6 Å². The lowest BCUT2D eigenvalue weighted by Gasteiger charge is -2.34. The topological polar surface area (TPSA) is 105 Å². The molecule has 0 radical (unpaired) electrons. The molecule has 0 aromatic heterocycles. The van der Waals surface area contributed by atoms with Crippen LogP contribution in [0.5, 0.6) is 0 Å². The molecular formula is C14H19N3O5S. The van der Waals surface area contributed by atoms with Gasteiger partial charge in [-0.25, -0.2) is 8.42 Å². The lowest BCUT2D eigenvalue weighted by molar-refractivity contribution is -0.139. The molecule has 23 heavy (non-hydrogen) atoms. The molecule has 0 spiro atoms. The average molecular weight is 341 g/mol. The first-order valence-electron chi connectivity index (χ1n) is 7.15. The minimum absolute atomic E-state index is 0.0989. The number of nitrogens with zero attached hydrogens (tertiary/aromatic N) is 1. The highest BCUT2D eigenvalue weighted by Gasteiger charge is 2.34. The number of likely N-dealkylation sites (N-methyl/N-ethyl adjacent to an activating group) is 1. The monoisotopic (exact) mass is 341 g/mol. The first-order valence-corrected chi connectivity index (χ1v) is 8.59. The molecule has 1 aromatic rings. The van der Waals surface area contributed by atoms with Crippen LogP contribution in [0.15, 0.2) is 35.2 Å². The van der Waals surface area contributed by atoms with Crippen molar-refractivity contribution in [2.75, 3.05) is 26.7 Å². The summed E-state index contributed by atoms with van der Waals surface area (Å²) < 4.78 is 32.0. The van der Waals surface area contributed by atoms with E-state index in [-0.39, 0.29) is 18.0 Å². The molecule has 1 atom stereocenters. The predicted molar refractivity (Wildman–Crippen MR) is 81.8 cm³/mol. The quantitative estimate of drug-likeness (QED) is 0.704. The molecular weight excluding hydrogens is 322 g/mol. The molecule has 2 amide bonds. The molecule has 2 N–H and O–H groups in total. The second kappa shape index (κ2) is 7.53. The van der Waals surface area contributed by atoms with Crippen LogP contribution in [-0.2, 0) is 24.3 Å². The van der Waals surface area contributed by atoms with Crippen LogP contribution in [0, 0.1) is 0 Å². The third kappa shape index (κ3) is 4.06. The minimum Gasteiger partial charge on any atom is -0.360 e. The highest BCUT2D eigenvalue weighted by Crippen LogP contribution is 2.21. The molecule has 9 heteroatoms. The van der Waals surface area contributed by atoms with Gasteiger partial charge < -0.3 is 15.4 Å². The predicted octanol–water partition coefficient (Wildman–Crippen LogP) is -0.714. The maximum absolute atomic E-state index is 12.7. The van der Waals surface area contributed by atoms with Crippen molar-refractivity contribution in [2.24, 2.45) is 0 Å². The number of nitrogens with one attached hydrogen (secondary N) is 2. The zero-order valence-electron chi connectivity index (χ0n) is 12.7. The Labute approximate surface area is 134 Å². The molecule has 1 aromatic carbocycles. The maximum atomic E-state index is 12.7. The largest absolute Gasteiger partial charge is 0.360 e. The van der Waals surface area contributed by atoms with Crippen molar-refractivity contribution in [3.05, 3.63) is 30.3 Å². The second-order valence-electron chi connectivity index (χ2n) is 4.90. The number of rotatable bonds is 4. The van der Waals surface area contributed by atoms with Crippen molar-refractivity contribution in [1.82, 2.24) is 14.9 Å². The Kier molecular flexibility index (Phi) is 5.69. The Balaban J connectivity index is 2.12. The third-order valence-corrected chi connectivity index (χ3v) is 5.28. The van der Waals surface area contributed by atoms with Gasteiger partial charge in [-0.15, -0.1) is 0 Å². The molecule has 126 valence electrons. The summed E-state index contributed by atoms with van der Waals surface area (Å²) in [6, 6.07) is 8.01. The van der Waals surface area contributed by atoms with Gasteiger partial charge in [0.05, 0.1) is 18.0 Å². The van der Waals surface area contributed by atoms with Crippen LogP contribution >= 0.6 is 0 Å². The van der Waals surface area contributed by atoms with E-state index in [1.807, 2.05) is 0 Å². The van der Waals surface area contributed by atoms with E-state index in [1.54, 1.807) is 18.2 Å². The number of carbonyl (C=O) groups is 2. The number of carbonyl (C=O) groups excluding carboxylic acids is 2. The highest BCUT2D eigenvalue weighted by molar-refractivity contribution is 7.89. The van der Waals surface area contributed by atoms with E-state index in [2.05, 4.69) is 10.6 Å². The third-order valence-electron chi connectivity index (χ3n) is 3.37. The van der Waals surface area contributed by atoms with Crippen LogP contribution in [0.25, 0.3) is 0 Å². The summed E-state index contributed by atoms with van der Waals surface area (Å²) in [5.74, 6) is -1.63. The summed E-state index contributed by atoms with van der Waals surface area (Å²) in [6.07, 6.45) is -0.283. The van der Waals surface area contributed by atoms with Crippen LogP contribution in [0.1, 0.15) is 6.42 Å². The van der Waals surface area contributed by atoms with Gasteiger partial charge in [-0.1, -0.05) is 18.2 Å². The fourth-order valence-electron chi connectivity index (χ4n) is 2.20. The van der Waals surface area contributed by atoms with Gasteiger partial charge in [-0.05, 0) is 18.6 Å². The highest BCUT2D eigenvalue weighted by atomic mass is 32.2. The molecule has 1 aliphatic rings. The Morgan fingerprint density at radius 2 is 1.96 bits per heavy atom. The molecule has 1 aliphatic heterocycles. The summed E-state index contributed by atoms with van der Waals surface area (Å²) in [6.45, 7) is 0.581. The van der Waals surface area contributed by atoms with Crippen molar-refractivity contribution in [3.63, 3.8) is 0 Å². The Morgan fingerprint density at radius 1 is 1.26 bits per heavy atom. The number of benzene rings is 1. The Bertz CT molecular complexity index is 662. The van der Waals surface area contributed by atoms with E-state index in [1.165, 1.54) is 23.5 Å². The van der Waals surface area contributed by atoms with Gasteiger partial charge in [-0.2, -0.15) is 4.31 Å². The lowest BCUT2D eigenvalue weighted by atomic mass is 10.3.